The first-order chi connectivity index (χ1) is 16.7. The number of hydrogen-bond acceptors (Lipinski definition) is 9. The average molecular weight is 480 g/mol. The van der Waals surface area contributed by atoms with Crippen LogP contribution in [0.5, 0.6) is 11.5 Å². The average Bonchev–Trinajstić information content (AvgIpc) is 3.33. The van der Waals surface area contributed by atoms with Crippen molar-refractivity contribution in [3.63, 3.8) is 0 Å². The third kappa shape index (κ3) is 4.39. The zero-order valence-corrected chi connectivity index (χ0v) is 19.9. The van der Waals surface area contributed by atoms with Crippen LogP contribution in [0.4, 0.5) is 5.13 Å². The zero-order chi connectivity index (χ0) is 23.5. The molecule has 4 aromatic rings. The number of carbonyl (C=O) groups is 1. The van der Waals surface area contributed by atoms with E-state index >= 15 is 0 Å². The minimum absolute atomic E-state index is 0.141. The van der Waals surface area contributed by atoms with Crippen LogP contribution in [0.2, 0.25) is 0 Å². The molecule has 3 heterocycles. The van der Waals surface area contributed by atoms with E-state index in [2.05, 4.69) is 14.9 Å². The Labute approximate surface area is 200 Å². The number of methoxy groups -OCH3 is 2. The summed E-state index contributed by atoms with van der Waals surface area (Å²) in [4.78, 5) is 31.3. The first kappa shape index (κ1) is 22.5. The largest absolute Gasteiger partial charge is 0.495 e. The van der Waals surface area contributed by atoms with Crippen molar-refractivity contribution in [3.05, 3.63) is 48.3 Å². The molecule has 1 aliphatic rings. The van der Waals surface area contributed by atoms with Gasteiger partial charge in [0.25, 0.3) is 5.91 Å². The molecule has 5 rings (SSSR count). The summed E-state index contributed by atoms with van der Waals surface area (Å²) in [6, 6.07) is 9.06. The Bertz CT molecular complexity index is 1280. The van der Waals surface area contributed by atoms with Gasteiger partial charge in [-0.3, -0.25) is 24.6 Å². The van der Waals surface area contributed by atoms with E-state index in [9.17, 15) is 4.79 Å². The lowest BCUT2D eigenvalue weighted by Gasteiger charge is -2.29. The number of carbonyl (C=O) groups excluding carboxylic acids is 1. The van der Waals surface area contributed by atoms with Crippen molar-refractivity contribution < 1.29 is 19.0 Å². The molecular weight excluding hydrogens is 454 g/mol. The summed E-state index contributed by atoms with van der Waals surface area (Å²) in [6.07, 6.45) is 3.26. The van der Waals surface area contributed by atoms with E-state index in [0.29, 0.717) is 59.5 Å². The van der Waals surface area contributed by atoms with Gasteiger partial charge in [0.05, 0.1) is 38.5 Å². The molecular formula is C24H25N5O4S. The van der Waals surface area contributed by atoms with E-state index in [1.807, 2.05) is 18.2 Å². The van der Waals surface area contributed by atoms with Crippen molar-refractivity contribution in [2.75, 3.05) is 58.5 Å². The number of fused-ring (bicyclic) bond motifs is 2. The molecule has 0 bridgehead atoms. The Kier molecular flexibility index (Phi) is 6.52. The first-order valence-corrected chi connectivity index (χ1v) is 11.8. The number of benzene rings is 2. The predicted octanol–water partition coefficient (Wildman–Crippen LogP) is 3.24. The van der Waals surface area contributed by atoms with Gasteiger partial charge >= 0.3 is 0 Å². The number of aromatic nitrogens is 3. The number of hydrogen-bond donors (Lipinski definition) is 0. The summed E-state index contributed by atoms with van der Waals surface area (Å²) < 4.78 is 17.4. The molecule has 0 aliphatic carbocycles. The molecule has 9 nitrogen and oxygen atoms in total. The van der Waals surface area contributed by atoms with Crippen LogP contribution in [0, 0.1) is 0 Å². The van der Waals surface area contributed by atoms with Gasteiger partial charge in [0, 0.05) is 44.1 Å². The van der Waals surface area contributed by atoms with Crippen molar-refractivity contribution >= 4 is 43.6 Å². The number of morpholine rings is 1. The van der Waals surface area contributed by atoms with Crippen molar-refractivity contribution in [2.45, 2.75) is 0 Å². The molecule has 0 N–H and O–H groups in total. The van der Waals surface area contributed by atoms with Crippen molar-refractivity contribution in [3.8, 4) is 11.5 Å². The van der Waals surface area contributed by atoms with Crippen LogP contribution in [0.1, 0.15) is 10.4 Å². The summed E-state index contributed by atoms with van der Waals surface area (Å²) in [5.74, 6) is 1.19. The monoisotopic (exact) mass is 479 g/mol. The molecule has 2 aromatic carbocycles. The van der Waals surface area contributed by atoms with Gasteiger partial charge in [0.1, 0.15) is 21.7 Å². The zero-order valence-electron chi connectivity index (χ0n) is 19.1. The van der Waals surface area contributed by atoms with Crippen LogP contribution in [-0.2, 0) is 4.74 Å². The van der Waals surface area contributed by atoms with E-state index in [1.165, 1.54) is 11.3 Å². The normalized spacial score (nSPS) is 14.4. The number of rotatable bonds is 7. The highest BCUT2D eigenvalue weighted by molar-refractivity contribution is 7.22. The highest BCUT2D eigenvalue weighted by Gasteiger charge is 2.25. The minimum atomic E-state index is -0.141. The van der Waals surface area contributed by atoms with Gasteiger partial charge in [0.15, 0.2) is 5.13 Å². The molecule has 0 radical (unpaired) electrons. The fourth-order valence-corrected chi connectivity index (χ4v) is 5.09. The van der Waals surface area contributed by atoms with Crippen LogP contribution in [0.3, 0.4) is 0 Å². The van der Waals surface area contributed by atoms with Crippen LogP contribution < -0.4 is 14.4 Å². The molecule has 2 aromatic heterocycles. The first-order valence-electron chi connectivity index (χ1n) is 11.0. The molecule has 1 fully saturated rings. The number of anilines is 1. The third-order valence-electron chi connectivity index (χ3n) is 5.83. The Morgan fingerprint density at radius 2 is 1.79 bits per heavy atom. The van der Waals surface area contributed by atoms with Gasteiger partial charge in [0.2, 0.25) is 0 Å². The molecule has 10 heteroatoms. The Morgan fingerprint density at radius 3 is 2.56 bits per heavy atom. The lowest BCUT2D eigenvalue weighted by Crippen LogP contribution is -2.43. The second-order valence-electron chi connectivity index (χ2n) is 7.81. The number of thiazole rings is 1. The summed E-state index contributed by atoms with van der Waals surface area (Å²) in [7, 11) is 3.23. The highest BCUT2D eigenvalue weighted by atomic mass is 32.1. The number of nitrogens with zero attached hydrogens (tertiary/aromatic N) is 5. The van der Waals surface area contributed by atoms with Crippen LogP contribution in [-0.4, -0.2) is 79.4 Å². The molecule has 1 saturated heterocycles. The Balaban J connectivity index is 1.53. The summed E-state index contributed by atoms with van der Waals surface area (Å²) in [5, 5.41) is 0.593. The molecule has 0 saturated carbocycles. The van der Waals surface area contributed by atoms with E-state index in [0.717, 1.165) is 23.3 Å². The smallest absolute Gasteiger partial charge is 0.260 e. The van der Waals surface area contributed by atoms with Crippen LogP contribution >= 0.6 is 11.3 Å². The second kappa shape index (κ2) is 9.88. The minimum Gasteiger partial charge on any atom is -0.495 e. The summed E-state index contributed by atoms with van der Waals surface area (Å²) in [5.41, 5.74) is 2.63. The van der Waals surface area contributed by atoms with Gasteiger partial charge in [-0.15, -0.1) is 0 Å². The van der Waals surface area contributed by atoms with E-state index < -0.39 is 0 Å². The van der Waals surface area contributed by atoms with Crippen LogP contribution in [0.15, 0.2) is 42.7 Å². The van der Waals surface area contributed by atoms with Crippen LogP contribution in [0.25, 0.3) is 21.3 Å². The molecule has 34 heavy (non-hydrogen) atoms. The topological polar surface area (TPSA) is 89.9 Å². The summed E-state index contributed by atoms with van der Waals surface area (Å²) in [6.45, 7) is 4.29. The van der Waals surface area contributed by atoms with Gasteiger partial charge in [-0.1, -0.05) is 11.3 Å². The maximum Gasteiger partial charge on any atom is 0.260 e. The van der Waals surface area contributed by atoms with Crippen molar-refractivity contribution in [1.82, 2.24) is 19.9 Å². The molecule has 0 atom stereocenters. The predicted molar refractivity (Wildman–Crippen MR) is 131 cm³/mol. The van der Waals surface area contributed by atoms with E-state index in [4.69, 9.17) is 19.2 Å². The lowest BCUT2D eigenvalue weighted by atomic mass is 10.1. The van der Waals surface area contributed by atoms with Crippen molar-refractivity contribution in [2.24, 2.45) is 0 Å². The Hall–Kier alpha value is -3.34. The Morgan fingerprint density at radius 1 is 1.06 bits per heavy atom. The fourth-order valence-electron chi connectivity index (χ4n) is 3.99. The number of ether oxygens (including phenoxy) is 3. The lowest BCUT2D eigenvalue weighted by molar-refractivity contribution is 0.0391. The molecule has 0 unspecified atom stereocenters. The highest BCUT2D eigenvalue weighted by Crippen LogP contribution is 2.40. The number of amides is 1. The maximum atomic E-state index is 13.8. The molecule has 0 spiro atoms. The SMILES string of the molecule is COc1ccc(OC)c2sc(N(CCN3CCOCC3)C(=O)c3ccc4nccnc4c3)nc12. The van der Waals surface area contributed by atoms with E-state index in [1.54, 1.807) is 43.6 Å². The molecule has 1 amide bonds. The maximum absolute atomic E-state index is 13.8. The second-order valence-corrected chi connectivity index (χ2v) is 8.79. The fraction of sp³-hybridized carbons (Fsp3) is 0.333. The van der Waals surface area contributed by atoms with Crippen molar-refractivity contribution in [1.29, 1.82) is 0 Å². The van der Waals surface area contributed by atoms with E-state index in [-0.39, 0.29) is 5.91 Å². The molecule has 1 aliphatic heterocycles. The van der Waals surface area contributed by atoms with Gasteiger partial charge in [-0.05, 0) is 30.3 Å². The quantitative estimate of drug-likeness (QED) is 0.399. The summed E-state index contributed by atoms with van der Waals surface area (Å²) >= 11 is 1.42. The standard InChI is InChI=1S/C24H25N5O4S/c1-31-19-5-6-20(32-2)22-21(19)27-24(34-22)29(10-9-28-11-13-33-14-12-28)23(30)16-3-4-17-18(15-16)26-8-7-25-17/h3-8,15H,9-14H2,1-2H3. The third-order valence-corrected chi connectivity index (χ3v) is 6.93. The van der Waals surface area contributed by atoms with Gasteiger partial charge < -0.3 is 14.2 Å². The van der Waals surface area contributed by atoms with Gasteiger partial charge in [-0.25, -0.2) is 4.98 Å². The van der Waals surface area contributed by atoms with Gasteiger partial charge in [-0.2, -0.15) is 0 Å². The molecule has 176 valence electrons.